The number of anilines is 1. The zero-order valence-corrected chi connectivity index (χ0v) is 10.7. The quantitative estimate of drug-likeness (QED) is 0.729. The lowest BCUT2D eigenvalue weighted by molar-refractivity contribution is 1.01. The van der Waals surface area contributed by atoms with Gasteiger partial charge in [-0.1, -0.05) is 49.0 Å². The van der Waals surface area contributed by atoms with Crippen molar-refractivity contribution < 1.29 is 0 Å². The van der Waals surface area contributed by atoms with Crippen LogP contribution >= 0.6 is 0 Å². The summed E-state index contributed by atoms with van der Waals surface area (Å²) in [5, 5.41) is 11.9. The average Bonchev–Trinajstić information content (AvgIpc) is 2.94. The summed E-state index contributed by atoms with van der Waals surface area (Å²) in [6.07, 6.45) is 0. The number of nitrogens with zero attached hydrogens (tertiary/aromatic N) is 3. The van der Waals surface area contributed by atoms with E-state index in [4.69, 9.17) is 0 Å². The zero-order valence-electron chi connectivity index (χ0n) is 10.7. The first-order chi connectivity index (χ1) is 9.84. The molecule has 0 radical (unpaired) electrons. The molecule has 1 N–H and O–H groups in total. The van der Waals surface area contributed by atoms with Gasteiger partial charge in [0.15, 0.2) is 11.6 Å². The minimum Gasteiger partial charge on any atom is -0.351 e. The summed E-state index contributed by atoms with van der Waals surface area (Å²) < 4.78 is 2.05. The van der Waals surface area contributed by atoms with Crippen LogP contribution in [0.3, 0.4) is 0 Å². The third-order valence-electron chi connectivity index (χ3n) is 3.40. The maximum Gasteiger partial charge on any atom is 0.184 e. The first kappa shape index (κ1) is 11.0. The van der Waals surface area contributed by atoms with Gasteiger partial charge in [-0.2, -0.15) is 0 Å². The van der Waals surface area contributed by atoms with Crippen molar-refractivity contribution in [3.8, 4) is 17.1 Å². The molecule has 0 aliphatic carbocycles. The van der Waals surface area contributed by atoms with Gasteiger partial charge in [0.25, 0.3) is 0 Å². The SMILES string of the molecule is C=C1Nc2ccccc2-n2c1nnc2-c1ccccc1. The topological polar surface area (TPSA) is 42.7 Å². The van der Waals surface area contributed by atoms with Crippen LogP contribution in [-0.2, 0) is 0 Å². The van der Waals surface area contributed by atoms with E-state index in [0.29, 0.717) is 0 Å². The molecule has 0 amide bonds. The molecule has 0 unspecified atom stereocenters. The maximum atomic E-state index is 4.33. The Labute approximate surface area is 116 Å². The number of rotatable bonds is 1. The van der Waals surface area contributed by atoms with E-state index in [1.807, 2.05) is 59.2 Å². The lowest BCUT2D eigenvalue weighted by Crippen LogP contribution is -2.14. The molecule has 0 saturated carbocycles. The van der Waals surface area contributed by atoms with Crippen molar-refractivity contribution in [1.82, 2.24) is 14.8 Å². The van der Waals surface area contributed by atoms with E-state index >= 15 is 0 Å². The molecule has 1 aliphatic rings. The highest BCUT2D eigenvalue weighted by Crippen LogP contribution is 2.34. The molecule has 96 valence electrons. The first-order valence-corrected chi connectivity index (χ1v) is 6.41. The third kappa shape index (κ3) is 1.48. The van der Waals surface area contributed by atoms with Crippen LogP contribution in [0.15, 0.2) is 61.2 Å². The van der Waals surface area contributed by atoms with E-state index in [0.717, 1.165) is 34.3 Å². The van der Waals surface area contributed by atoms with Gasteiger partial charge in [0.05, 0.1) is 17.1 Å². The van der Waals surface area contributed by atoms with Gasteiger partial charge in [-0.05, 0) is 12.1 Å². The van der Waals surface area contributed by atoms with Gasteiger partial charge < -0.3 is 5.32 Å². The van der Waals surface area contributed by atoms with Crippen molar-refractivity contribution in [3.05, 3.63) is 67.0 Å². The van der Waals surface area contributed by atoms with Gasteiger partial charge in [0.1, 0.15) is 0 Å². The minimum absolute atomic E-state index is 0.752. The second-order valence-corrected chi connectivity index (χ2v) is 4.67. The lowest BCUT2D eigenvalue weighted by Gasteiger charge is -2.22. The normalized spacial score (nSPS) is 12.5. The molecule has 1 aliphatic heterocycles. The molecular formula is C16H12N4. The highest BCUT2D eigenvalue weighted by Gasteiger charge is 2.23. The number of para-hydroxylation sites is 2. The average molecular weight is 260 g/mol. The molecule has 0 saturated heterocycles. The molecule has 4 rings (SSSR count). The number of hydrogen-bond donors (Lipinski definition) is 1. The van der Waals surface area contributed by atoms with Crippen LogP contribution in [0, 0.1) is 0 Å². The first-order valence-electron chi connectivity index (χ1n) is 6.41. The van der Waals surface area contributed by atoms with Crippen LogP contribution in [0.5, 0.6) is 0 Å². The highest BCUT2D eigenvalue weighted by molar-refractivity contribution is 5.83. The predicted octanol–water partition coefficient (Wildman–Crippen LogP) is 3.33. The van der Waals surface area contributed by atoms with Gasteiger partial charge >= 0.3 is 0 Å². The largest absolute Gasteiger partial charge is 0.351 e. The molecule has 1 aromatic heterocycles. The Morgan fingerprint density at radius 3 is 2.40 bits per heavy atom. The minimum atomic E-state index is 0.752. The molecule has 2 aromatic carbocycles. The molecule has 0 atom stereocenters. The Morgan fingerprint density at radius 1 is 0.850 bits per heavy atom. The molecule has 20 heavy (non-hydrogen) atoms. The van der Waals surface area contributed by atoms with E-state index in [1.165, 1.54) is 0 Å². The van der Waals surface area contributed by atoms with Crippen molar-refractivity contribution in [1.29, 1.82) is 0 Å². The summed E-state index contributed by atoms with van der Waals surface area (Å²) >= 11 is 0. The van der Waals surface area contributed by atoms with Crippen LogP contribution in [-0.4, -0.2) is 14.8 Å². The van der Waals surface area contributed by atoms with Crippen molar-refractivity contribution in [2.24, 2.45) is 0 Å². The van der Waals surface area contributed by atoms with Gasteiger partial charge in [0.2, 0.25) is 0 Å². The second-order valence-electron chi connectivity index (χ2n) is 4.67. The van der Waals surface area contributed by atoms with Gasteiger partial charge in [0, 0.05) is 5.56 Å². The number of hydrogen-bond acceptors (Lipinski definition) is 3. The summed E-state index contributed by atoms with van der Waals surface area (Å²) in [6.45, 7) is 4.03. The summed E-state index contributed by atoms with van der Waals surface area (Å²) in [7, 11) is 0. The van der Waals surface area contributed by atoms with E-state index < -0.39 is 0 Å². The molecular weight excluding hydrogens is 248 g/mol. The molecule has 0 bridgehead atoms. The smallest absolute Gasteiger partial charge is 0.184 e. The molecule has 4 nitrogen and oxygen atoms in total. The van der Waals surface area contributed by atoms with Gasteiger partial charge in [-0.3, -0.25) is 4.57 Å². The summed E-state index contributed by atoms with van der Waals surface area (Å²) in [5.74, 6) is 1.58. The van der Waals surface area contributed by atoms with Crippen molar-refractivity contribution in [3.63, 3.8) is 0 Å². The standard InChI is InChI=1S/C16H12N4/c1-11-15-18-19-16(12-7-3-2-4-8-12)20(15)14-10-6-5-9-13(14)17-11/h2-10,17H,1H2. The van der Waals surface area contributed by atoms with Gasteiger partial charge in [-0.25, -0.2) is 0 Å². The van der Waals surface area contributed by atoms with E-state index in [9.17, 15) is 0 Å². The molecule has 2 heterocycles. The van der Waals surface area contributed by atoms with Crippen molar-refractivity contribution >= 4 is 11.4 Å². The van der Waals surface area contributed by atoms with Crippen molar-refractivity contribution in [2.75, 3.05) is 5.32 Å². The van der Waals surface area contributed by atoms with Crippen LogP contribution in [0.2, 0.25) is 0 Å². The Kier molecular flexibility index (Phi) is 2.23. The molecule has 4 heteroatoms. The Morgan fingerprint density at radius 2 is 1.55 bits per heavy atom. The monoisotopic (exact) mass is 260 g/mol. The summed E-state index contributed by atoms with van der Waals surface area (Å²) in [5.41, 5.74) is 3.86. The van der Waals surface area contributed by atoms with E-state index in [-0.39, 0.29) is 0 Å². The molecule has 3 aromatic rings. The Hall–Kier alpha value is -2.88. The molecule has 0 spiro atoms. The second kappa shape index (κ2) is 4.06. The van der Waals surface area contributed by atoms with Crippen LogP contribution in [0.4, 0.5) is 5.69 Å². The maximum absolute atomic E-state index is 4.33. The number of benzene rings is 2. The lowest BCUT2D eigenvalue weighted by atomic mass is 10.1. The summed E-state index contributed by atoms with van der Waals surface area (Å²) in [4.78, 5) is 0. The van der Waals surface area contributed by atoms with Gasteiger partial charge in [-0.15, -0.1) is 10.2 Å². The third-order valence-corrected chi connectivity index (χ3v) is 3.40. The van der Waals surface area contributed by atoms with Crippen LogP contribution in [0.1, 0.15) is 5.82 Å². The highest BCUT2D eigenvalue weighted by atomic mass is 15.3. The Balaban J connectivity index is 2.02. The zero-order chi connectivity index (χ0) is 13.5. The number of aromatic nitrogens is 3. The summed E-state index contributed by atoms with van der Waals surface area (Å²) in [6, 6.07) is 18.1. The predicted molar refractivity (Wildman–Crippen MR) is 79.5 cm³/mol. The van der Waals surface area contributed by atoms with E-state index in [2.05, 4.69) is 22.1 Å². The van der Waals surface area contributed by atoms with Crippen LogP contribution < -0.4 is 5.32 Å². The Bertz CT molecular complexity index is 802. The fourth-order valence-electron chi connectivity index (χ4n) is 2.47. The number of fused-ring (bicyclic) bond motifs is 3. The van der Waals surface area contributed by atoms with Crippen molar-refractivity contribution in [2.45, 2.75) is 0 Å². The van der Waals surface area contributed by atoms with E-state index in [1.54, 1.807) is 0 Å². The fourth-order valence-corrected chi connectivity index (χ4v) is 2.47. The number of nitrogens with one attached hydrogen (secondary N) is 1. The fraction of sp³-hybridized carbons (Fsp3) is 0. The van der Waals surface area contributed by atoms with Crippen LogP contribution in [0.25, 0.3) is 22.8 Å². The molecule has 0 fully saturated rings.